The number of halogens is 1. The molecular weight excluding hydrogens is 419 g/mol. The Morgan fingerprint density at radius 1 is 1.12 bits per heavy atom. The van der Waals surface area contributed by atoms with Gasteiger partial charge in [-0.15, -0.1) is 24.0 Å². The lowest BCUT2D eigenvalue weighted by atomic mass is 9.72. The van der Waals surface area contributed by atoms with Crippen molar-refractivity contribution in [3.8, 4) is 0 Å². The van der Waals surface area contributed by atoms with Crippen LogP contribution in [0.15, 0.2) is 4.99 Å². The Morgan fingerprint density at radius 2 is 1.83 bits per heavy atom. The highest BCUT2D eigenvalue weighted by molar-refractivity contribution is 14.0. The summed E-state index contributed by atoms with van der Waals surface area (Å²) >= 11 is 0. The van der Waals surface area contributed by atoms with Crippen LogP contribution in [0.4, 0.5) is 0 Å². The van der Waals surface area contributed by atoms with Gasteiger partial charge in [0.15, 0.2) is 5.96 Å². The number of carbonyl (C=O) groups excluding carboxylic acids is 1. The molecule has 0 bridgehead atoms. The molecule has 0 saturated heterocycles. The van der Waals surface area contributed by atoms with E-state index in [9.17, 15) is 9.90 Å². The van der Waals surface area contributed by atoms with Crippen molar-refractivity contribution in [2.24, 2.45) is 10.4 Å². The molecule has 1 fully saturated rings. The molecule has 0 radical (unpaired) electrons. The van der Waals surface area contributed by atoms with Crippen LogP contribution in [0.1, 0.15) is 58.8 Å². The third-order valence-electron chi connectivity index (χ3n) is 4.48. The zero-order valence-electron chi connectivity index (χ0n) is 15.2. The van der Waals surface area contributed by atoms with E-state index in [2.05, 4.69) is 20.9 Å². The standard InChI is InChI=1S/C17H34N4O2.HI/c1-3-11-19-15(23)13-20-16(18-4-2)21-14-17(10-12-22)8-6-5-7-9-17;/h22H,3-14H2,1-2H3,(H,19,23)(H2,18,20,21);1H. The summed E-state index contributed by atoms with van der Waals surface area (Å²) < 4.78 is 0. The van der Waals surface area contributed by atoms with Crippen molar-refractivity contribution in [3.05, 3.63) is 0 Å². The summed E-state index contributed by atoms with van der Waals surface area (Å²) in [7, 11) is 0. The molecule has 7 heteroatoms. The lowest BCUT2D eigenvalue weighted by Crippen LogP contribution is -2.45. The van der Waals surface area contributed by atoms with E-state index in [1.165, 1.54) is 19.3 Å². The number of aliphatic hydroxyl groups excluding tert-OH is 1. The first-order valence-corrected chi connectivity index (χ1v) is 9.05. The highest BCUT2D eigenvalue weighted by Crippen LogP contribution is 2.38. The summed E-state index contributed by atoms with van der Waals surface area (Å²) in [5, 5.41) is 18.8. The van der Waals surface area contributed by atoms with E-state index in [1.54, 1.807) is 0 Å². The fourth-order valence-electron chi connectivity index (χ4n) is 3.14. The van der Waals surface area contributed by atoms with E-state index in [4.69, 9.17) is 0 Å². The van der Waals surface area contributed by atoms with Gasteiger partial charge in [-0.05, 0) is 38.0 Å². The van der Waals surface area contributed by atoms with Gasteiger partial charge < -0.3 is 21.1 Å². The van der Waals surface area contributed by atoms with Gasteiger partial charge in [-0.2, -0.15) is 0 Å². The number of hydrogen-bond acceptors (Lipinski definition) is 3. The van der Waals surface area contributed by atoms with E-state index in [0.29, 0.717) is 12.5 Å². The van der Waals surface area contributed by atoms with Gasteiger partial charge in [0.25, 0.3) is 0 Å². The van der Waals surface area contributed by atoms with E-state index >= 15 is 0 Å². The molecule has 0 heterocycles. The van der Waals surface area contributed by atoms with Crippen LogP contribution < -0.4 is 16.0 Å². The highest BCUT2D eigenvalue weighted by atomic mass is 127. The van der Waals surface area contributed by atoms with Crippen LogP contribution in [0, 0.1) is 5.41 Å². The van der Waals surface area contributed by atoms with Gasteiger partial charge >= 0.3 is 0 Å². The topological polar surface area (TPSA) is 85.8 Å². The highest BCUT2D eigenvalue weighted by Gasteiger charge is 2.31. The molecular formula is C17H35IN4O2. The van der Waals surface area contributed by atoms with Crippen molar-refractivity contribution >= 4 is 35.8 Å². The van der Waals surface area contributed by atoms with Crippen molar-refractivity contribution in [1.29, 1.82) is 0 Å². The van der Waals surface area contributed by atoms with Crippen LogP contribution in [0.2, 0.25) is 0 Å². The number of nitrogens with one attached hydrogen (secondary N) is 3. The SMILES string of the molecule is CCCNC(=O)CN=C(NCC)NCC1(CCO)CCCCC1.I. The largest absolute Gasteiger partial charge is 0.396 e. The molecule has 4 N–H and O–H groups in total. The van der Waals surface area contributed by atoms with Gasteiger partial charge in [0.05, 0.1) is 0 Å². The average Bonchev–Trinajstić information content (AvgIpc) is 2.56. The zero-order chi connectivity index (χ0) is 17.0. The second-order valence-corrected chi connectivity index (χ2v) is 6.43. The summed E-state index contributed by atoms with van der Waals surface area (Å²) in [4.78, 5) is 16.0. The molecule has 1 rings (SSSR count). The molecule has 0 aromatic rings. The van der Waals surface area contributed by atoms with Gasteiger partial charge in [0.1, 0.15) is 6.54 Å². The second-order valence-electron chi connectivity index (χ2n) is 6.43. The second kappa shape index (κ2) is 13.7. The van der Waals surface area contributed by atoms with E-state index in [-0.39, 0.29) is 48.5 Å². The van der Waals surface area contributed by atoms with Crippen molar-refractivity contribution in [1.82, 2.24) is 16.0 Å². The van der Waals surface area contributed by atoms with Crippen LogP contribution >= 0.6 is 24.0 Å². The summed E-state index contributed by atoms with van der Waals surface area (Å²) in [6.45, 7) is 6.67. The predicted molar refractivity (Wildman–Crippen MR) is 110 cm³/mol. The Morgan fingerprint density at radius 3 is 2.42 bits per heavy atom. The minimum absolute atomic E-state index is 0. The molecule has 1 saturated carbocycles. The average molecular weight is 454 g/mol. The Labute approximate surface area is 163 Å². The molecule has 0 aliphatic heterocycles. The molecule has 1 aliphatic carbocycles. The minimum atomic E-state index is -0.0493. The van der Waals surface area contributed by atoms with Crippen LogP contribution in [-0.2, 0) is 4.79 Å². The van der Waals surface area contributed by atoms with Crippen molar-refractivity contribution in [2.45, 2.75) is 58.8 Å². The first kappa shape index (κ1) is 23.4. The Balaban J connectivity index is 0.00000529. The smallest absolute Gasteiger partial charge is 0.241 e. The van der Waals surface area contributed by atoms with E-state index in [0.717, 1.165) is 38.8 Å². The van der Waals surface area contributed by atoms with Crippen LogP contribution in [0.3, 0.4) is 0 Å². The predicted octanol–water partition coefficient (Wildman–Crippen LogP) is 2.02. The molecule has 0 aromatic carbocycles. The Bertz CT molecular complexity index is 366. The fourth-order valence-corrected chi connectivity index (χ4v) is 3.14. The number of carbonyl (C=O) groups is 1. The van der Waals surface area contributed by atoms with Gasteiger partial charge in [-0.1, -0.05) is 26.2 Å². The number of aliphatic imine (C=N–C) groups is 1. The van der Waals surface area contributed by atoms with Crippen molar-refractivity contribution < 1.29 is 9.90 Å². The van der Waals surface area contributed by atoms with Gasteiger partial charge in [-0.3, -0.25) is 4.79 Å². The van der Waals surface area contributed by atoms with Crippen LogP contribution in [0.25, 0.3) is 0 Å². The van der Waals surface area contributed by atoms with E-state index < -0.39 is 0 Å². The molecule has 1 aliphatic rings. The third kappa shape index (κ3) is 9.05. The van der Waals surface area contributed by atoms with Gasteiger partial charge in [0.2, 0.25) is 5.91 Å². The zero-order valence-corrected chi connectivity index (χ0v) is 17.5. The maximum Gasteiger partial charge on any atom is 0.241 e. The normalized spacial score (nSPS) is 16.9. The molecule has 0 unspecified atom stereocenters. The van der Waals surface area contributed by atoms with Crippen molar-refractivity contribution in [3.63, 3.8) is 0 Å². The maximum atomic E-state index is 11.7. The Kier molecular flexibility index (Phi) is 13.4. The molecule has 1 amide bonds. The molecule has 24 heavy (non-hydrogen) atoms. The number of aliphatic hydroxyl groups is 1. The van der Waals surface area contributed by atoms with Crippen LogP contribution in [-0.4, -0.2) is 49.8 Å². The van der Waals surface area contributed by atoms with Crippen LogP contribution in [0.5, 0.6) is 0 Å². The number of nitrogens with zero attached hydrogens (tertiary/aromatic N) is 1. The number of guanidine groups is 1. The molecule has 0 spiro atoms. The lowest BCUT2D eigenvalue weighted by Gasteiger charge is -2.37. The first-order valence-electron chi connectivity index (χ1n) is 9.05. The van der Waals surface area contributed by atoms with Gasteiger partial charge in [-0.25, -0.2) is 4.99 Å². The summed E-state index contributed by atoms with van der Waals surface area (Å²) in [6.07, 6.45) is 7.81. The van der Waals surface area contributed by atoms with Crippen molar-refractivity contribution in [2.75, 3.05) is 32.8 Å². The van der Waals surface area contributed by atoms with E-state index in [1.807, 2.05) is 13.8 Å². The summed E-state index contributed by atoms with van der Waals surface area (Å²) in [5.74, 6) is 0.633. The number of amides is 1. The molecule has 0 atom stereocenters. The third-order valence-corrected chi connectivity index (χ3v) is 4.48. The number of rotatable bonds is 9. The minimum Gasteiger partial charge on any atom is -0.396 e. The fraction of sp³-hybridized carbons (Fsp3) is 0.882. The van der Waals surface area contributed by atoms with Gasteiger partial charge in [0, 0.05) is 26.2 Å². The summed E-state index contributed by atoms with van der Waals surface area (Å²) in [6, 6.07) is 0. The first-order chi connectivity index (χ1) is 11.2. The molecule has 0 aromatic heterocycles. The maximum absolute atomic E-state index is 11.7. The summed E-state index contributed by atoms with van der Waals surface area (Å²) in [5.41, 5.74) is 0.160. The number of hydrogen-bond donors (Lipinski definition) is 4. The Hall–Kier alpha value is -0.570. The molecule has 142 valence electrons. The monoisotopic (exact) mass is 454 g/mol. The quantitative estimate of drug-likeness (QED) is 0.244. The lowest BCUT2D eigenvalue weighted by molar-refractivity contribution is -0.119. The molecule has 6 nitrogen and oxygen atoms in total.